The molecule has 29 heteroatoms. The molecule has 342 valence electrons. The zero-order valence-electron chi connectivity index (χ0n) is 31.7. The average molecular weight is 875 g/mol. The number of carbonyl (C=O) groups excluding carboxylic acids is 6. The number of hydrogen-bond donors (Lipinski definition) is 10. The summed E-state index contributed by atoms with van der Waals surface area (Å²) in [6.07, 6.45) is -13.0. The molecule has 29 nitrogen and oxygen atoms in total. The summed E-state index contributed by atoms with van der Waals surface area (Å²) in [5, 5.41) is 45.6. The largest absolute Gasteiger partial charge is 0.429 e. The van der Waals surface area contributed by atoms with Crippen LogP contribution in [0, 0.1) is 0 Å². The van der Waals surface area contributed by atoms with Crippen LogP contribution in [0.2, 0.25) is 0 Å². The van der Waals surface area contributed by atoms with Crippen molar-refractivity contribution in [3.8, 4) is 0 Å². The fraction of sp³-hybridized carbons (Fsp3) is 0.806. The minimum absolute atomic E-state index is 0.0166. The minimum atomic E-state index is -4.36. The van der Waals surface area contributed by atoms with Crippen molar-refractivity contribution in [3.63, 3.8) is 0 Å². The van der Waals surface area contributed by atoms with E-state index in [1.54, 1.807) is 0 Å². The highest BCUT2D eigenvalue weighted by molar-refractivity contribution is 5.48. The van der Waals surface area contributed by atoms with E-state index in [1.165, 1.54) is 0 Å². The highest BCUT2D eigenvalue weighted by atomic mass is 17.2. The number of nitrogens with two attached hydrogens (primary N) is 6. The lowest BCUT2D eigenvalue weighted by Crippen LogP contribution is -2.94. The van der Waals surface area contributed by atoms with Gasteiger partial charge in [-0.1, -0.05) is 6.92 Å². The molecular formula is C31H50N6O23. The SMILES string of the molecule is CC[C@H](N)[C@@H]1CC[C@@H](N)[C@@H](O[C@H]2[C@H](O[C@@H]3O[C@H](CO)[C@@H](O[C@@]4(OC=O)O[C@](CN)(OC=O)[C@@](OC=O)(OOC=O)[C@](O)(OC=O)[C@@]4(N)OC=O)[C@H]3O)[C@@H](O)[C@H](N)C[C@@H]2N)O1. The van der Waals surface area contributed by atoms with Crippen molar-refractivity contribution in [2.24, 2.45) is 34.4 Å². The molecule has 0 amide bonds. The van der Waals surface area contributed by atoms with Gasteiger partial charge in [-0.25, -0.2) is 0 Å². The van der Waals surface area contributed by atoms with Crippen LogP contribution in [-0.4, -0.2) is 181 Å². The number of ether oxygens (including phenoxy) is 11. The molecule has 0 radical (unpaired) electrons. The van der Waals surface area contributed by atoms with Gasteiger partial charge in [0.05, 0.1) is 31.4 Å². The third-order valence-corrected chi connectivity index (χ3v) is 10.6. The van der Waals surface area contributed by atoms with Gasteiger partial charge in [-0.15, -0.1) is 4.89 Å². The molecule has 3 saturated heterocycles. The lowest BCUT2D eigenvalue weighted by molar-refractivity contribution is -0.629. The number of aliphatic hydroxyl groups excluding tert-OH is 3. The Morgan fingerprint density at radius 1 is 0.767 bits per heavy atom. The summed E-state index contributed by atoms with van der Waals surface area (Å²) in [6.45, 7) is -4.31. The molecule has 0 aromatic rings. The van der Waals surface area contributed by atoms with Gasteiger partial charge in [0.15, 0.2) is 12.6 Å². The number of carbonyl (C=O) groups is 6. The molecule has 1 saturated carbocycles. The van der Waals surface area contributed by atoms with E-state index < -0.39 is 154 Å². The third kappa shape index (κ3) is 8.25. The zero-order chi connectivity index (χ0) is 44.7. The second-order valence-electron chi connectivity index (χ2n) is 13.9. The predicted molar refractivity (Wildman–Crippen MR) is 181 cm³/mol. The maximum absolute atomic E-state index is 12.2. The Labute approximate surface area is 338 Å². The molecule has 1 aliphatic carbocycles. The maximum Gasteiger partial charge on any atom is 0.397 e. The van der Waals surface area contributed by atoms with Gasteiger partial charge < -0.3 is 96.5 Å². The molecule has 4 rings (SSSR count). The Morgan fingerprint density at radius 3 is 1.97 bits per heavy atom. The average Bonchev–Trinajstić information content (AvgIpc) is 3.51. The van der Waals surface area contributed by atoms with Crippen molar-refractivity contribution in [1.29, 1.82) is 0 Å². The van der Waals surface area contributed by atoms with Gasteiger partial charge in [0.1, 0.15) is 30.5 Å². The Bertz CT molecular complexity index is 1500. The van der Waals surface area contributed by atoms with Gasteiger partial charge in [-0.05, 0) is 25.7 Å². The van der Waals surface area contributed by atoms with E-state index in [9.17, 15) is 49.2 Å². The van der Waals surface area contributed by atoms with Crippen LogP contribution in [0.4, 0.5) is 0 Å². The summed E-state index contributed by atoms with van der Waals surface area (Å²) < 4.78 is 59.5. The van der Waals surface area contributed by atoms with Gasteiger partial charge in [-0.2, -0.15) is 0 Å². The van der Waals surface area contributed by atoms with Crippen LogP contribution >= 0.6 is 0 Å². The quantitative estimate of drug-likeness (QED) is 0.0150. The van der Waals surface area contributed by atoms with E-state index in [-0.39, 0.29) is 12.5 Å². The first-order valence-electron chi connectivity index (χ1n) is 18.1. The molecule has 0 unspecified atom stereocenters. The van der Waals surface area contributed by atoms with Crippen molar-refractivity contribution in [3.05, 3.63) is 0 Å². The van der Waals surface area contributed by atoms with Crippen LogP contribution in [0.5, 0.6) is 0 Å². The lowest BCUT2D eigenvalue weighted by Gasteiger charge is -2.61. The summed E-state index contributed by atoms with van der Waals surface area (Å²) in [5.74, 6) is -16.0. The highest BCUT2D eigenvalue weighted by Crippen LogP contribution is 2.57. The van der Waals surface area contributed by atoms with E-state index in [1.807, 2.05) is 6.92 Å². The minimum Gasteiger partial charge on any atom is -0.429 e. The van der Waals surface area contributed by atoms with Crippen molar-refractivity contribution < 1.29 is 111 Å². The molecule has 3 heterocycles. The molecule has 0 aromatic carbocycles. The first-order valence-corrected chi connectivity index (χ1v) is 18.1. The highest BCUT2D eigenvalue weighted by Gasteiger charge is 2.93. The first kappa shape index (κ1) is 48.8. The molecule has 3 aliphatic heterocycles. The van der Waals surface area contributed by atoms with Crippen molar-refractivity contribution >= 4 is 38.8 Å². The molecule has 4 aliphatic rings. The number of aliphatic hydroxyl groups is 4. The number of rotatable bonds is 23. The van der Waals surface area contributed by atoms with Crippen molar-refractivity contribution in [1.82, 2.24) is 0 Å². The second kappa shape index (κ2) is 19.9. The van der Waals surface area contributed by atoms with Crippen LogP contribution in [0.1, 0.15) is 32.6 Å². The fourth-order valence-corrected chi connectivity index (χ4v) is 7.46. The smallest absolute Gasteiger partial charge is 0.397 e. The standard InChI is InChI=1S/C31H50N6O23/c1-2-14(33)18-4-3-15(34)25(54-18)56-22-17(36)5-16(35)20(45)24(22)57-26-21(46)23(19(6-38)55-26)58-31(52-12-43)28(37,49-9-40)29(47,50-10-41)30(51-11-42,60-53-13-44)27(7-32,59-31)48-8-39/h8-26,38,45-47H,2-7,32-37H2,1H3/t14-,15+,16+,17-,18-,19+,20-,21+,22+,23+,24+,25+,26-,27-,28+,29+,30+,31+/m0/s1. The van der Waals surface area contributed by atoms with Crippen LogP contribution in [0.15, 0.2) is 0 Å². The molecule has 0 spiro atoms. The van der Waals surface area contributed by atoms with Gasteiger partial charge in [-0.3, -0.25) is 44.1 Å². The fourth-order valence-electron chi connectivity index (χ4n) is 7.46. The maximum atomic E-state index is 12.2. The second-order valence-corrected chi connectivity index (χ2v) is 13.9. The topological polar surface area (TPSA) is 459 Å². The van der Waals surface area contributed by atoms with Crippen molar-refractivity contribution in [2.45, 2.75) is 141 Å². The Balaban J connectivity index is 1.81. The third-order valence-electron chi connectivity index (χ3n) is 10.6. The molecule has 4 fully saturated rings. The Kier molecular flexibility index (Phi) is 16.2. The number of hydrogen-bond acceptors (Lipinski definition) is 29. The van der Waals surface area contributed by atoms with E-state index in [0.29, 0.717) is 19.3 Å². The summed E-state index contributed by atoms with van der Waals surface area (Å²) >= 11 is 0. The van der Waals surface area contributed by atoms with Crippen LogP contribution in [0.25, 0.3) is 0 Å². The molecule has 60 heavy (non-hydrogen) atoms. The van der Waals surface area contributed by atoms with Crippen LogP contribution in [0.3, 0.4) is 0 Å². The summed E-state index contributed by atoms with van der Waals surface area (Å²) in [7, 11) is 0. The van der Waals surface area contributed by atoms with Crippen molar-refractivity contribution in [2.75, 3.05) is 13.2 Å². The summed E-state index contributed by atoms with van der Waals surface area (Å²) in [4.78, 5) is 80.3. The monoisotopic (exact) mass is 874 g/mol. The van der Waals surface area contributed by atoms with E-state index in [0.717, 1.165) is 0 Å². The van der Waals surface area contributed by atoms with Crippen LogP contribution < -0.4 is 34.4 Å². The van der Waals surface area contributed by atoms with Gasteiger partial charge in [0, 0.05) is 18.1 Å². The molecule has 16 N–H and O–H groups in total. The summed E-state index contributed by atoms with van der Waals surface area (Å²) in [6, 6.07) is -3.09. The van der Waals surface area contributed by atoms with Crippen LogP contribution in [-0.2, 0) is 90.6 Å². The summed E-state index contributed by atoms with van der Waals surface area (Å²) in [5.41, 5.74) is 33.2. The predicted octanol–water partition coefficient (Wildman–Crippen LogP) is -8.44. The lowest BCUT2D eigenvalue weighted by atomic mass is 9.81. The van der Waals surface area contributed by atoms with E-state index in [4.69, 9.17) is 91.4 Å². The molecular weight excluding hydrogens is 824 g/mol. The first-order chi connectivity index (χ1) is 28.5. The normalized spacial score (nSPS) is 44.6. The zero-order valence-corrected chi connectivity index (χ0v) is 31.7. The Hall–Kier alpha value is -3.86. The van der Waals surface area contributed by atoms with Gasteiger partial charge in [0.2, 0.25) is 0 Å². The molecule has 18 atom stereocenters. The van der Waals surface area contributed by atoms with Gasteiger partial charge >= 0.3 is 35.5 Å². The molecule has 0 bridgehead atoms. The van der Waals surface area contributed by atoms with E-state index >= 15 is 0 Å². The van der Waals surface area contributed by atoms with Gasteiger partial charge in [0.25, 0.3) is 32.4 Å². The van der Waals surface area contributed by atoms with E-state index in [2.05, 4.69) is 4.89 Å². The molecule has 0 aromatic heterocycles. The Morgan fingerprint density at radius 2 is 1.40 bits per heavy atom.